The Labute approximate surface area is 170 Å². The Morgan fingerprint density at radius 2 is 1.83 bits per heavy atom. The topological polar surface area (TPSA) is 75.9 Å². The van der Waals surface area contributed by atoms with Gasteiger partial charge in [0.25, 0.3) is 0 Å². The number of carbonyl (C=O) groups excluding carboxylic acids is 1. The highest BCUT2D eigenvalue weighted by atomic mass is 16.2. The molecule has 0 saturated carbocycles. The van der Waals surface area contributed by atoms with Crippen molar-refractivity contribution in [1.82, 2.24) is 20.2 Å². The summed E-state index contributed by atoms with van der Waals surface area (Å²) in [7, 11) is 0. The Balaban J connectivity index is 1.35. The van der Waals surface area contributed by atoms with Gasteiger partial charge < -0.3 is 10.2 Å². The minimum Gasteiger partial charge on any atom is -0.372 e. The van der Waals surface area contributed by atoms with Gasteiger partial charge in [-0.15, -0.1) is 10.2 Å². The molecule has 3 aromatic rings. The summed E-state index contributed by atoms with van der Waals surface area (Å²) in [6.45, 7) is 6.51. The third-order valence-corrected chi connectivity index (χ3v) is 5.42. The summed E-state index contributed by atoms with van der Waals surface area (Å²) in [6.07, 6.45) is 2.46. The van der Waals surface area contributed by atoms with Crippen LogP contribution >= 0.6 is 0 Å². The Bertz CT molecular complexity index is 973. The van der Waals surface area contributed by atoms with E-state index in [2.05, 4.69) is 44.7 Å². The minimum atomic E-state index is -0.182. The number of tetrazole rings is 1. The largest absolute Gasteiger partial charge is 0.372 e. The van der Waals surface area contributed by atoms with E-state index < -0.39 is 0 Å². The zero-order chi connectivity index (χ0) is 20.2. The van der Waals surface area contributed by atoms with Gasteiger partial charge in [0.1, 0.15) is 6.54 Å². The van der Waals surface area contributed by atoms with Gasteiger partial charge in [-0.1, -0.05) is 31.2 Å². The summed E-state index contributed by atoms with van der Waals surface area (Å²) in [6, 6.07) is 15.9. The lowest BCUT2D eigenvalue weighted by atomic mass is 9.99. The quantitative estimate of drug-likeness (QED) is 0.721. The van der Waals surface area contributed by atoms with Crippen LogP contribution in [0.1, 0.15) is 25.3 Å². The minimum absolute atomic E-state index is 0.0185. The number of hydrogen-bond acceptors (Lipinski definition) is 5. The first-order valence-corrected chi connectivity index (χ1v) is 10.1. The summed E-state index contributed by atoms with van der Waals surface area (Å²) in [4.78, 5) is 16.1. The van der Waals surface area contributed by atoms with E-state index in [0.29, 0.717) is 5.82 Å². The van der Waals surface area contributed by atoms with E-state index in [1.807, 2.05) is 43.3 Å². The summed E-state index contributed by atoms with van der Waals surface area (Å²) >= 11 is 0. The first-order valence-electron chi connectivity index (χ1n) is 10.1. The molecular formula is C22H26N6O. The number of benzene rings is 2. The molecule has 29 heavy (non-hydrogen) atoms. The van der Waals surface area contributed by atoms with Gasteiger partial charge in [0.2, 0.25) is 11.7 Å². The fourth-order valence-corrected chi connectivity index (χ4v) is 3.59. The first-order chi connectivity index (χ1) is 14.1. The van der Waals surface area contributed by atoms with Crippen molar-refractivity contribution in [3.8, 4) is 11.4 Å². The second-order valence-corrected chi connectivity index (χ2v) is 7.72. The summed E-state index contributed by atoms with van der Waals surface area (Å²) in [5.41, 5.74) is 3.96. The average molecular weight is 390 g/mol. The predicted octanol–water partition coefficient (Wildman–Crippen LogP) is 3.52. The standard InChI is InChI=1S/C22H26N6O/c1-16-11-13-27(14-12-16)19-9-7-18(8-10-19)23-21(29)15-28-25-22(24-26-28)20-6-4-3-5-17(20)2/h3-10,16H,11-15H2,1-2H3,(H,23,29). The van der Waals surface area contributed by atoms with Gasteiger partial charge in [-0.3, -0.25) is 4.79 Å². The van der Waals surface area contributed by atoms with Crippen LogP contribution in [0, 0.1) is 12.8 Å². The van der Waals surface area contributed by atoms with Crippen molar-refractivity contribution in [3.63, 3.8) is 0 Å². The SMILES string of the molecule is Cc1ccccc1-c1nnn(CC(=O)Nc2ccc(N3CCC(C)CC3)cc2)n1. The van der Waals surface area contributed by atoms with Crippen molar-refractivity contribution in [2.24, 2.45) is 5.92 Å². The van der Waals surface area contributed by atoms with Crippen LogP contribution < -0.4 is 10.2 Å². The van der Waals surface area contributed by atoms with Gasteiger partial charge in [0.05, 0.1) is 0 Å². The molecule has 0 radical (unpaired) electrons. The van der Waals surface area contributed by atoms with Crippen molar-refractivity contribution < 1.29 is 4.79 Å². The van der Waals surface area contributed by atoms with Crippen LogP contribution in [-0.2, 0) is 11.3 Å². The van der Waals surface area contributed by atoms with Crippen LogP contribution in [0.25, 0.3) is 11.4 Å². The molecule has 7 heteroatoms. The number of hydrogen-bond donors (Lipinski definition) is 1. The molecule has 150 valence electrons. The zero-order valence-corrected chi connectivity index (χ0v) is 16.9. The van der Waals surface area contributed by atoms with E-state index in [4.69, 9.17) is 0 Å². The predicted molar refractivity (Wildman–Crippen MR) is 114 cm³/mol. The maximum absolute atomic E-state index is 12.4. The third kappa shape index (κ3) is 4.62. The molecule has 1 aromatic heterocycles. The molecule has 1 saturated heterocycles. The molecule has 0 unspecified atom stereocenters. The van der Waals surface area contributed by atoms with Crippen molar-refractivity contribution in [2.75, 3.05) is 23.3 Å². The van der Waals surface area contributed by atoms with Gasteiger partial charge in [0, 0.05) is 30.0 Å². The van der Waals surface area contributed by atoms with Crippen molar-refractivity contribution in [2.45, 2.75) is 33.2 Å². The Hall–Kier alpha value is -3.22. The Morgan fingerprint density at radius 1 is 1.10 bits per heavy atom. The highest BCUT2D eigenvalue weighted by molar-refractivity contribution is 5.90. The number of nitrogens with one attached hydrogen (secondary N) is 1. The molecule has 2 heterocycles. The number of amides is 1. The molecule has 1 aliphatic heterocycles. The number of aromatic nitrogens is 4. The normalized spacial score (nSPS) is 14.8. The van der Waals surface area contributed by atoms with Crippen molar-refractivity contribution >= 4 is 17.3 Å². The van der Waals surface area contributed by atoms with E-state index in [9.17, 15) is 4.79 Å². The number of aryl methyl sites for hydroxylation is 1. The number of nitrogens with zero attached hydrogens (tertiary/aromatic N) is 5. The van der Waals surface area contributed by atoms with Crippen LogP contribution in [0.5, 0.6) is 0 Å². The average Bonchev–Trinajstić information content (AvgIpc) is 3.17. The van der Waals surface area contributed by atoms with Crippen molar-refractivity contribution in [3.05, 3.63) is 54.1 Å². The number of anilines is 2. The van der Waals surface area contributed by atoms with Gasteiger partial charge in [0.15, 0.2) is 0 Å². The van der Waals surface area contributed by atoms with Crippen LogP contribution in [0.4, 0.5) is 11.4 Å². The Morgan fingerprint density at radius 3 is 2.55 bits per heavy atom. The smallest absolute Gasteiger partial charge is 0.248 e. The molecule has 1 fully saturated rings. The number of carbonyl (C=O) groups is 1. The van der Waals surface area contributed by atoms with E-state index in [0.717, 1.165) is 35.8 Å². The van der Waals surface area contributed by atoms with Crippen LogP contribution in [0.2, 0.25) is 0 Å². The monoisotopic (exact) mass is 390 g/mol. The van der Waals surface area contributed by atoms with E-state index in [1.54, 1.807) is 0 Å². The second-order valence-electron chi connectivity index (χ2n) is 7.72. The van der Waals surface area contributed by atoms with Crippen molar-refractivity contribution in [1.29, 1.82) is 0 Å². The lowest BCUT2D eigenvalue weighted by Gasteiger charge is -2.32. The lowest BCUT2D eigenvalue weighted by Crippen LogP contribution is -2.32. The molecule has 1 aliphatic rings. The number of piperidine rings is 1. The third-order valence-electron chi connectivity index (χ3n) is 5.42. The van der Waals surface area contributed by atoms with E-state index in [-0.39, 0.29) is 12.5 Å². The molecule has 0 aliphatic carbocycles. The maximum atomic E-state index is 12.4. The molecular weight excluding hydrogens is 364 g/mol. The molecule has 0 spiro atoms. The number of rotatable bonds is 5. The molecule has 7 nitrogen and oxygen atoms in total. The fraction of sp³-hybridized carbons (Fsp3) is 0.364. The first kappa shape index (κ1) is 19.1. The van der Waals surface area contributed by atoms with E-state index in [1.165, 1.54) is 23.3 Å². The molecule has 0 bridgehead atoms. The summed E-state index contributed by atoms with van der Waals surface area (Å²) < 4.78 is 0. The summed E-state index contributed by atoms with van der Waals surface area (Å²) in [5.74, 6) is 1.15. The highest BCUT2D eigenvalue weighted by Crippen LogP contribution is 2.24. The zero-order valence-electron chi connectivity index (χ0n) is 16.9. The van der Waals surface area contributed by atoms with Crippen LogP contribution in [0.3, 0.4) is 0 Å². The molecule has 2 aromatic carbocycles. The van der Waals surface area contributed by atoms with E-state index >= 15 is 0 Å². The summed E-state index contributed by atoms with van der Waals surface area (Å²) in [5, 5.41) is 15.3. The van der Waals surface area contributed by atoms with Gasteiger partial charge in [-0.05, 0) is 60.7 Å². The molecule has 1 N–H and O–H groups in total. The van der Waals surface area contributed by atoms with Gasteiger partial charge >= 0.3 is 0 Å². The van der Waals surface area contributed by atoms with Gasteiger partial charge in [-0.2, -0.15) is 4.80 Å². The Kier molecular flexibility index (Phi) is 5.55. The van der Waals surface area contributed by atoms with Crippen LogP contribution in [-0.4, -0.2) is 39.2 Å². The maximum Gasteiger partial charge on any atom is 0.248 e. The molecule has 1 amide bonds. The van der Waals surface area contributed by atoms with Crippen LogP contribution in [0.15, 0.2) is 48.5 Å². The van der Waals surface area contributed by atoms with Gasteiger partial charge in [-0.25, -0.2) is 0 Å². The lowest BCUT2D eigenvalue weighted by molar-refractivity contribution is -0.117. The molecule has 0 atom stereocenters. The fourth-order valence-electron chi connectivity index (χ4n) is 3.59. The second kappa shape index (κ2) is 8.43. The molecule has 4 rings (SSSR count). The highest BCUT2D eigenvalue weighted by Gasteiger charge is 2.16.